The largest absolute Gasteiger partial charge is 0.489 e. The van der Waals surface area contributed by atoms with Crippen LogP contribution in [0.3, 0.4) is 0 Å². The number of para-hydroxylation sites is 1. The van der Waals surface area contributed by atoms with Crippen LogP contribution in [0.5, 0.6) is 5.75 Å². The standard InChI is InChI=1S/C20H30N4O2/c1-5-13-26-18-14-24(16-9-7-6-8-10-16)22-19(18)20(25)23(4)12-11-17(21)15(2)3/h6-10,14-15,17H,5,11-13,21H2,1-4H3. The molecule has 6 heteroatoms. The molecule has 26 heavy (non-hydrogen) atoms. The van der Waals surface area contributed by atoms with Crippen molar-refractivity contribution in [1.29, 1.82) is 0 Å². The van der Waals surface area contributed by atoms with Crippen molar-refractivity contribution in [3.05, 3.63) is 42.2 Å². The number of benzene rings is 1. The molecule has 0 saturated heterocycles. The van der Waals surface area contributed by atoms with E-state index in [1.165, 1.54) is 0 Å². The first kappa shape index (κ1) is 20.0. The Hall–Kier alpha value is -2.34. The Morgan fingerprint density at radius 3 is 2.62 bits per heavy atom. The van der Waals surface area contributed by atoms with Crippen LogP contribution in [-0.4, -0.2) is 46.8 Å². The quantitative estimate of drug-likeness (QED) is 0.747. The predicted molar refractivity (Wildman–Crippen MR) is 104 cm³/mol. The maximum absolute atomic E-state index is 12.9. The van der Waals surface area contributed by atoms with E-state index >= 15 is 0 Å². The smallest absolute Gasteiger partial charge is 0.277 e. The van der Waals surface area contributed by atoms with Gasteiger partial charge >= 0.3 is 0 Å². The molecule has 2 N–H and O–H groups in total. The van der Waals surface area contributed by atoms with Gasteiger partial charge in [0.25, 0.3) is 5.91 Å². The SMILES string of the molecule is CCCOc1cn(-c2ccccc2)nc1C(=O)N(C)CCC(N)C(C)C. The van der Waals surface area contributed by atoms with Crippen molar-refractivity contribution in [2.45, 2.75) is 39.7 Å². The molecule has 2 aromatic rings. The summed E-state index contributed by atoms with van der Waals surface area (Å²) in [5.74, 6) is 0.752. The van der Waals surface area contributed by atoms with Crippen LogP contribution < -0.4 is 10.5 Å². The number of ether oxygens (including phenoxy) is 1. The minimum Gasteiger partial charge on any atom is -0.489 e. The van der Waals surface area contributed by atoms with Gasteiger partial charge in [0, 0.05) is 19.6 Å². The highest BCUT2D eigenvalue weighted by Crippen LogP contribution is 2.22. The van der Waals surface area contributed by atoms with E-state index in [1.54, 1.807) is 22.8 Å². The average molecular weight is 358 g/mol. The summed E-state index contributed by atoms with van der Waals surface area (Å²) in [5, 5.41) is 4.49. The van der Waals surface area contributed by atoms with Crippen LogP contribution in [0.1, 0.15) is 44.1 Å². The van der Waals surface area contributed by atoms with Gasteiger partial charge in [-0.05, 0) is 30.9 Å². The summed E-state index contributed by atoms with van der Waals surface area (Å²) in [5.41, 5.74) is 7.32. The fraction of sp³-hybridized carbons (Fsp3) is 0.500. The molecule has 0 radical (unpaired) electrons. The molecule has 142 valence electrons. The second-order valence-electron chi connectivity index (χ2n) is 6.89. The molecule has 1 aromatic carbocycles. The summed E-state index contributed by atoms with van der Waals surface area (Å²) in [4.78, 5) is 14.6. The van der Waals surface area contributed by atoms with E-state index in [2.05, 4.69) is 18.9 Å². The van der Waals surface area contributed by atoms with Crippen LogP contribution in [0.25, 0.3) is 5.69 Å². The monoisotopic (exact) mass is 358 g/mol. The molecule has 0 spiro atoms. The van der Waals surface area contributed by atoms with Gasteiger partial charge in [0.15, 0.2) is 11.4 Å². The Morgan fingerprint density at radius 1 is 1.31 bits per heavy atom. The number of nitrogens with zero attached hydrogens (tertiary/aromatic N) is 3. The van der Waals surface area contributed by atoms with Crippen molar-refractivity contribution in [1.82, 2.24) is 14.7 Å². The molecule has 1 unspecified atom stereocenters. The summed E-state index contributed by atoms with van der Waals surface area (Å²) in [6.07, 6.45) is 3.39. The van der Waals surface area contributed by atoms with Gasteiger partial charge in [0.05, 0.1) is 18.5 Å². The second-order valence-corrected chi connectivity index (χ2v) is 6.89. The Labute approximate surface area is 155 Å². The van der Waals surface area contributed by atoms with Gasteiger partial charge < -0.3 is 15.4 Å². The zero-order chi connectivity index (χ0) is 19.1. The van der Waals surface area contributed by atoms with E-state index in [4.69, 9.17) is 10.5 Å². The molecule has 0 fully saturated rings. The highest BCUT2D eigenvalue weighted by Gasteiger charge is 2.23. The fourth-order valence-electron chi connectivity index (χ4n) is 2.50. The third-order valence-corrected chi connectivity index (χ3v) is 4.37. The van der Waals surface area contributed by atoms with Gasteiger partial charge in [-0.15, -0.1) is 0 Å². The zero-order valence-corrected chi connectivity index (χ0v) is 16.2. The van der Waals surface area contributed by atoms with Gasteiger partial charge in [0.2, 0.25) is 0 Å². The number of hydrogen-bond donors (Lipinski definition) is 1. The number of hydrogen-bond acceptors (Lipinski definition) is 4. The lowest BCUT2D eigenvalue weighted by Crippen LogP contribution is -2.35. The highest BCUT2D eigenvalue weighted by molar-refractivity contribution is 5.94. The van der Waals surface area contributed by atoms with Crippen molar-refractivity contribution in [3.63, 3.8) is 0 Å². The van der Waals surface area contributed by atoms with Gasteiger partial charge in [-0.3, -0.25) is 4.79 Å². The minimum absolute atomic E-state index is 0.0722. The Kier molecular flexibility index (Phi) is 7.21. The van der Waals surface area contributed by atoms with E-state index in [1.807, 2.05) is 37.3 Å². The van der Waals surface area contributed by atoms with Crippen LogP contribution in [0.15, 0.2) is 36.5 Å². The van der Waals surface area contributed by atoms with Crippen LogP contribution in [0.2, 0.25) is 0 Å². The predicted octanol–water partition coefficient (Wildman–Crippen LogP) is 3.11. The fourth-order valence-corrected chi connectivity index (χ4v) is 2.50. The van der Waals surface area contributed by atoms with Gasteiger partial charge in [0.1, 0.15) is 0 Å². The Balaban J connectivity index is 2.19. The molecule has 1 aromatic heterocycles. The molecule has 6 nitrogen and oxygen atoms in total. The molecule has 0 saturated carbocycles. The van der Waals surface area contributed by atoms with Gasteiger partial charge in [-0.25, -0.2) is 4.68 Å². The number of aromatic nitrogens is 2. The molecular formula is C20H30N4O2. The number of carbonyl (C=O) groups excluding carboxylic acids is 1. The Morgan fingerprint density at radius 2 is 2.00 bits per heavy atom. The third-order valence-electron chi connectivity index (χ3n) is 4.37. The highest BCUT2D eigenvalue weighted by atomic mass is 16.5. The maximum atomic E-state index is 12.9. The first-order valence-electron chi connectivity index (χ1n) is 9.23. The van der Waals surface area contributed by atoms with E-state index in [-0.39, 0.29) is 11.9 Å². The molecule has 1 atom stereocenters. The van der Waals surface area contributed by atoms with Crippen LogP contribution in [0, 0.1) is 5.92 Å². The van der Waals surface area contributed by atoms with E-state index < -0.39 is 0 Å². The number of amides is 1. The first-order chi connectivity index (χ1) is 12.4. The van der Waals surface area contributed by atoms with E-state index in [0.29, 0.717) is 30.5 Å². The maximum Gasteiger partial charge on any atom is 0.277 e. The van der Waals surface area contributed by atoms with Crippen molar-refractivity contribution in [2.24, 2.45) is 11.7 Å². The third kappa shape index (κ3) is 5.08. The van der Waals surface area contributed by atoms with Crippen molar-refractivity contribution in [2.75, 3.05) is 20.2 Å². The first-order valence-corrected chi connectivity index (χ1v) is 9.23. The van der Waals surface area contributed by atoms with Crippen LogP contribution in [-0.2, 0) is 0 Å². The summed E-state index contributed by atoms with van der Waals surface area (Å²) in [6, 6.07) is 9.77. The summed E-state index contributed by atoms with van der Waals surface area (Å²) in [6.45, 7) is 7.34. The number of nitrogens with two attached hydrogens (primary N) is 1. The molecule has 0 aliphatic heterocycles. The summed E-state index contributed by atoms with van der Waals surface area (Å²) in [7, 11) is 1.78. The zero-order valence-electron chi connectivity index (χ0n) is 16.2. The van der Waals surface area contributed by atoms with Crippen molar-refractivity contribution < 1.29 is 9.53 Å². The summed E-state index contributed by atoms with van der Waals surface area (Å²) >= 11 is 0. The second kappa shape index (κ2) is 9.38. The van der Waals surface area contributed by atoms with E-state index in [0.717, 1.165) is 18.5 Å². The molecule has 2 rings (SSSR count). The Bertz CT molecular complexity index is 697. The van der Waals surface area contributed by atoms with Crippen LogP contribution >= 0.6 is 0 Å². The van der Waals surface area contributed by atoms with Crippen LogP contribution in [0.4, 0.5) is 0 Å². The van der Waals surface area contributed by atoms with E-state index in [9.17, 15) is 4.79 Å². The van der Waals surface area contributed by atoms with Gasteiger partial charge in [-0.2, -0.15) is 5.10 Å². The molecule has 1 amide bonds. The number of rotatable bonds is 9. The molecule has 1 heterocycles. The normalized spacial score (nSPS) is 12.2. The molecule has 0 aliphatic carbocycles. The lowest BCUT2D eigenvalue weighted by Gasteiger charge is -2.21. The topological polar surface area (TPSA) is 73.4 Å². The average Bonchev–Trinajstić information content (AvgIpc) is 3.08. The lowest BCUT2D eigenvalue weighted by molar-refractivity contribution is 0.0778. The lowest BCUT2D eigenvalue weighted by atomic mass is 10.0. The minimum atomic E-state index is -0.151. The molecule has 0 aliphatic rings. The van der Waals surface area contributed by atoms with Crippen molar-refractivity contribution >= 4 is 5.91 Å². The number of carbonyl (C=O) groups is 1. The van der Waals surface area contributed by atoms with Gasteiger partial charge in [-0.1, -0.05) is 39.0 Å². The molecule has 0 bridgehead atoms. The summed E-state index contributed by atoms with van der Waals surface area (Å²) < 4.78 is 7.45. The molecular weight excluding hydrogens is 328 g/mol. The van der Waals surface area contributed by atoms with Crippen molar-refractivity contribution in [3.8, 4) is 11.4 Å².